The highest BCUT2D eigenvalue weighted by Crippen LogP contribution is 2.44. The van der Waals surface area contributed by atoms with Gasteiger partial charge >= 0.3 is 17.9 Å². The molecule has 0 amide bonds. The minimum absolute atomic E-state index is 0.282. The normalized spacial score (nSPS) is 18.2. The Kier molecular flexibility index (Phi) is 8.66. The van der Waals surface area contributed by atoms with Crippen LogP contribution in [-0.2, 0) is 18.9 Å². The Morgan fingerprint density at radius 1 is 0.704 bits per heavy atom. The minimum atomic E-state index is -1.23. The van der Waals surface area contributed by atoms with Crippen molar-refractivity contribution in [2.45, 2.75) is 24.5 Å². The predicted octanol–water partition coefficient (Wildman–Crippen LogP) is 8.26. The highest BCUT2D eigenvalue weighted by atomic mass is 32.1. The number of fused-ring (bicyclic) bond motifs is 4. The maximum absolute atomic E-state index is 13.8. The van der Waals surface area contributed by atoms with E-state index in [1.165, 1.54) is 17.7 Å². The lowest BCUT2D eigenvalue weighted by atomic mass is 10.1. The highest BCUT2D eigenvalue weighted by molar-refractivity contribution is 7.17. The predicted molar refractivity (Wildman–Crippen MR) is 200 cm³/mol. The fourth-order valence-electron chi connectivity index (χ4n) is 6.77. The number of carbonyl (C=O) groups is 3. The van der Waals surface area contributed by atoms with Crippen LogP contribution >= 0.6 is 11.3 Å². The molecule has 4 aromatic heterocycles. The largest absolute Gasteiger partial charge is 0.459 e. The summed E-state index contributed by atoms with van der Waals surface area (Å²) in [6, 6.07) is 37.1. The Labute approximate surface area is 311 Å². The molecule has 0 spiro atoms. The number of ether oxygens (including phenoxy) is 4. The van der Waals surface area contributed by atoms with Gasteiger partial charge in [-0.05, 0) is 60.0 Å². The van der Waals surface area contributed by atoms with E-state index in [1.54, 1.807) is 91.0 Å². The summed E-state index contributed by atoms with van der Waals surface area (Å²) in [6.07, 6.45) is -3.16. The topological polar surface area (TPSA) is 132 Å². The minimum Gasteiger partial charge on any atom is -0.459 e. The van der Waals surface area contributed by atoms with E-state index in [0.717, 1.165) is 15.6 Å². The zero-order chi connectivity index (χ0) is 36.6. The molecule has 0 bridgehead atoms. The van der Waals surface area contributed by atoms with Crippen molar-refractivity contribution in [2.24, 2.45) is 0 Å². The summed E-state index contributed by atoms with van der Waals surface area (Å²) in [7, 11) is 0. The zero-order valence-electron chi connectivity index (χ0n) is 28.3. The highest BCUT2D eigenvalue weighted by Gasteiger charge is 2.52. The van der Waals surface area contributed by atoms with Crippen LogP contribution in [0.25, 0.3) is 43.7 Å². The zero-order valence-corrected chi connectivity index (χ0v) is 29.1. The van der Waals surface area contributed by atoms with E-state index in [-0.39, 0.29) is 17.7 Å². The van der Waals surface area contributed by atoms with Gasteiger partial charge < -0.3 is 23.4 Å². The van der Waals surface area contributed by atoms with E-state index in [4.69, 9.17) is 28.3 Å². The molecule has 0 radical (unpaired) electrons. The van der Waals surface area contributed by atoms with Crippen LogP contribution in [0.5, 0.6) is 0 Å². The molecule has 54 heavy (non-hydrogen) atoms. The molecule has 4 atom stereocenters. The number of hydrogen-bond acceptors (Lipinski definition) is 11. The number of rotatable bonds is 9. The van der Waals surface area contributed by atoms with Crippen LogP contribution in [0.3, 0.4) is 0 Å². The third kappa shape index (κ3) is 6.06. The van der Waals surface area contributed by atoms with Gasteiger partial charge in [0.25, 0.3) is 0 Å². The number of nitrogens with zero attached hydrogens (tertiary/aromatic N) is 3. The van der Waals surface area contributed by atoms with Gasteiger partial charge in [-0.25, -0.2) is 24.4 Å². The van der Waals surface area contributed by atoms with Gasteiger partial charge in [-0.2, -0.15) is 0 Å². The van der Waals surface area contributed by atoms with Crippen LogP contribution in [0.2, 0.25) is 0 Å². The summed E-state index contributed by atoms with van der Waals surface area (Å²) in [5.74, 6) is -1.37. The second-order valence-corrected chi connectivity index (χ2v) is 13.5. The second-order valence-electron chi connectivity index (χ2n) is 12.6. The molecule has 1 aliphatic rings. The van der Waals surface area contributed by atoms with Crippen molar-refractivity contribution in [1.29, 1.82) is 0 Å². The first-order chi connectivity index (χ1) is 26.5. The van der Waals surface area contributed by atoms with E-state index in [2.05, 4.69) is 4.98 Å². The Hall–Kier alpha value is -6.63. The molecule has 11 nitrogen and oxygen atoms in total. The first kappa shape index (κ1) is 33.2. The molecular formula is C42H29N3O8S. The fourth-order valence-corrected chi connectivity index (χ4v) is 7.70. The van der Waals surface area contributed by atoms with E-state index < -0.39 is 42.4 Å². The molecule has 8 aromatic rings. The van der Waals surface area contributed by atoms with E-state index in [9.17, 15) is 14.4 Å². The van der Waals surface area contributed by atoms with Gasteiger partial charge in [0.05, 0.1) is 22.1 Å². The Bertz CT molecular complexity index is 2600. The first-order valence-electron chi connectivity index (χ1n) is 17.1. The quantitative estimate of drug-likeness (QED) is 0.105. The number of benzene rings is 4. The van der Waals surface area contributed by atoms with Crippen molar-refractivity contribution in [3.05, 3.63) is 156 Å². The van der Waals surface area contributed by atoms with Gasteiger partial charge in [-0.1, -0.05) is 72.8 Å². The molecule has 9 rings (SSSR count). The molecule has 0 unspecified atom stereocenters. The fraction of sp³-hybridized carbons (Fsp3) is 0.119. The molecule has 12 heteroatoms. The molecule has 1 saturated heterocycles. The SMILES string of the molecule is O=C(OC[C@H]1O[C@@H](n2c3ncnc(-c4cc5ccccc5o4)c3c3ccsc32)[C@H](OC(=O)c2ccccc2)[C@@H]1OC(=O)c1ccccc1)c1ccccc1. The molecule has 266 valence electrons. The van der Waals surface area contributed by atoms with Gasteiger partial charge in [0, 0.05) is 10.8 Å². The van der Waals surface area contributed by atoms with Crippen LogP contribution in [0, 0.1) is 0 Å². The number of carbonyl (C=O) groups excluding carboxylic acids is 3. The van der Waals surface area contributed by atoms with Crippen LogP contribution < -0.4 is 0 Å². The molecule has 0 N–H and O–H groups in total. The monoisotopic (exact) mass is 735 g/mol. The number of para-hydroxylation sites is 1. The van der Waals surface area contributed by atoms with Gasteiger partial charge in [-0.15, -0.1) is 11.3 Å². The summed E-state index contributed by atoms with van der Waals surface area (Å²) in [5.41, 5.74) is 2.66. The molecule has 0 saturated carbocycles. The first-order valence-corrected chi connectivity index (χ1v) is 18.0. The summed E-state index contributed by atoms with van der Waals surface area (Å²) < 4.78 is 33.0. The van der Waals surface area contributed by atoms with Gasteiger partial charge in [0.1, 0.15) is 40.8 Å². The van der Waals surface area contributed by atoms with Crippen molar-refractivity contribution in [2.75, 3.05) is 6.61 Å². The Morgan fingerprint density at radius 2 is 1.31 bits per heavy atom. The number of aromatic nitrogens is 3. The molecule has 0 aliphatic carbocycles. The lowest BCUT2D eigenvalue weighted by Crippen LogP contribution is -2.41. The Balaban J connectivity index is 1.17. The van der Waals surface area contributed by atoms with Gasteiger partial charge in [-0.3, -0.25) is 4.57 Å². The van der Waals surface area contributed by atoms with E-state index in [0.29, 0.717) is 33.6 Å². The molecule has 4 aromatic carbocycles. The maximum Gasteiger partial charge on any atom is 0.338 e. The lowest BCUT2D eigenvalue weighted by molar-refractivity contribution is -0.0587. The number of hydrogen-bond donors (Lipinski definition) is 0. The lowest BCUT2D eigenvalue weighted by Gasteiger charge is -2.25. The summed E-state index contributed by atoms with van der Waals surface area (Å²) in [6.45, 7) is -0.317. The van der Waals surface area contributed by atoms with Crippen LogP contribution in [0.1, 0.15) is 37.3 Å². The average Bonchev–Trinajstić information content (AvgIpc) is 4.01. The van der Waals surface area contributed by atoms with Crippen LogP contribution in [0.15, 0.2) is 144 Å². The molecule has 5 heterocycles. The third-order valence-electron chi connectivity index (χ3n) is 9.28. The van der Waals surface area contributed by atoms with Crippen molar-refractivity contribution >= 4 is 61.5 Å². The van der Waals surface area contributed by atoms with Crippen molar-refractivity contribution in [1.82, 2.24) is 14.5 Å². The molecule has 1 fully saturated rings. The molecular weight excluding hydrogens is 707 g/mol. The summed E-state index contributed by atoms with van der Waals surface area (Å²) in [5, 5.41) is 4.37. The second kappa shape index (κ2) is 14.1. The maximum atomic E-state index is 13.8. The standard InChI is InChI=1S/C42H29N3O8S/c46-40(25-12-4-1-5-13-25)49-23-32-35(52-41(47)26-14-6-2-7-15-26)36(53-42(48)27-16-8-3-9-17-27)38(51-32)45-37-33(29-20-21-54-39(29)45)34(43-24-44-37)31-22-28-18-10-11-19-30(28)50-31/h1-22,24,32,35-36,38H,23H2/t32-,35-,36-,38-/m1/s1. The van der Waals surface area contributed by atoms with E-state index in [1.807, 2.05) is 46.3 Å². The average molecular weight is 736 g/mol. The van der Waals surface area contributed by atoms with Crippen LogP contribution in [-0.4, -0.2) is 57.4 Å². The van der Waals surface area contributed by atoms with E-state index >= 15 is 0 Å². The smallest absolute Gasteiger partial charge is 0.338 e. The third-order valence-corrected chi connectivity index (χ3v) is 10.2. The number of thiophene rings is 1. The van der Waals surface area contributed by atoms with Gasteiger partial charge in [0.15, 0.2) is 24.2 Å². The molecule has 1 aliphatic heterocycles. The van der Waals surface area contributed by atoms with Crippen LogP contribution in [0.4, 0.5) is 0 Å². The Morgan fingerprint density at radius 3 is 1.98 bits per heavy atom. The summed E-state index contributed by atoms with van der Waals surface area (Å²) >= 11 is 1.43. The van der Waals surface area contributed by atoms with Crippen molar-refractivity contribution in [3.8, 4) is 11.5 Å². The van der Waals surface area contributed by atoms with Gasteiger partial charge in [0.2, 0.25) is 0 Å². The van der Waals surface area contributed by atoms with Crippen molar-refractivity contribution < 1.29 is 37.7 Å². The van der Waals surface area contributed by atoms with Crippen molar-refractivity contribution in [3.63, 3.8) is 0 Å². The number of furan rings is 1. The number of esters is 3. The summed E-state index contributed by atoms with van der Waals surface area (Å²) in [4.78, 5) is 50.8.